The van der Waals surface area contributed by atoms with Crippen molar-refractivity contribution in [1.82, 2.24) is 15.0 Å². The fourth-order valence-electron chi connectivity index (χ4n) is 5.87. The summed E-state index contributed by atoms with van der Waals surface area (Å²) >= 11 is 0. The second-order valence-electron chi connectivity index (χ2n) is 13.9. The Labute approximate surface area is 290 Å². The van der Waals surface area contributed by atoms with Crippen LogP contribution in [0.1, 0.15) is 52.7 Å². The van der Waals surface area contributed by atoms with Crippen LogP contribution in [-0.2, 0) is 31.9 Å². The smallest absolute Gasteiger partial charge is 0.230 e. The van der Waals surface area contributed by atoms with Crippen LogP contribution in [0.5, 0.6) is 5.75 Å². The molecule has 0 aliphatic rings. The van der Waals surface area contributed by atoms with Crippen LogP contribution in [0.2, 0.25) is 0 Å². The summed E-state index contributed by atoms with van der Waals surface area (Å²) < 4.78 is 6.17. The third kappa shape index (κ3) is 6.13. The van der Waals surface area contributed by atoms with Gasteiger partial charge in [0.15, 0.2) is 0 Å². The molecule has 5 nitrogen and oxygen atoms in total. The number of para-hydroxylation sites is 2. The van der Waals surface area contributed by atoms with E-state index < -0.39 is 0 Å². The molecule has 0 unspecified atom stereocenters. The van der Waals surface area contributed by atoms with Crippen molar-refractivity contribution in [2.24, 2.45) is 0 Å². The van der Waals surface area contributed by atoms with Gasteiger partial charge in [0.25, 0.3) is 0 Å². The van der Waals surface area contributed by atoms with Crippen LogP contribution in [0.25, 0.3) is 67.0 Å². The van der Waals surface area contributed by atoms with Crippen molar-refractivity contribution in [2.75, 3.05) is 0 Å². The van der Waals surface area contributed by atoms with Crippen molar-refractivity contribution < 1.29 is 30.6 Å². The standard InChI is InChI=1S/C41H36N3O2.Pt/c1-40(2,3)27-21-25(29-13-11-16-36-38(29)44-39(46-36)31-12-7-8-15-35(31)45)20-26(22-27)32-23-28(41(4,5)6)24-33-30(17-19-43-37(32)33)34-14-9-10-18-42-34;/h7-19,21-24,45H,1-6H3;/q-1;. The van der Waals surface area contributed by atoms with Crippen molar-refractivity contribution in [1.29, 1.82) is 0 Å². The average molecular weight is 798 g/mol. The molecule has 1 N–H and O–H groups in total. The Morgan fingerprint density at radius 2 is 1.30 bits per heavy atom. The van der Waals surface area contributed by atoms with Crippen LogP contribution in [0.3, 0.4) is 0 Å². The molecular weight excluding hydrogens is 762 g/mol. The minimum absolute atomic E-state index is 0. The molecule has 0 bridgehead atoms. The van der Waals surface area contributed by atoms with E-state index in [2.05, 4.69) is 89.0 Å². The van der Waals surface area contributed by atoms with E-state index in [0.717, 1.165) is 49.9 Å². The van der Waals surface area contributed by atoms with Gasteiger partial charge in [0.2, 0.25) is 5.89 Å². The zero-order valence-electron chi connectivity index (χ0n) is 27.3. The van der Waals surface area contributed by atoms with Gasteiger partial charge >= 0.3 is 0 Å². The van der Waals surface area contributed by atoms with E-state index >= 15 is 0 Å². The van der Waals surface area contributed by atoms with Gasteiger partial charge in [-0.15, -0.1) is 34.9 Å². The Morgan fingerprint density at radius 3 is 2.00 bits per heavy atom. The summed E-state index contributed by atoms with van der Waals surface area (Å²) in [7, 11) is 0. The second kappa shape index (κ2) is 12.2. The number of fused-ring (bicyclic) bond motifs is 2. The van der Waals surface area contributed by atoms with Crippen LogP contribution in [0, 0.1) is 6.07 Å². The van der Waals surface area contributed by atoms with Crippen molar-refractivity contribution in [3.63, 3.8) is 0 Å². The minimum Gasteiger partial charge on any atom is -0.507 e. The molecule has 7 rings (SSSR count). The summed E-state index contributed by atoms with van der Waals surface area (Å²) in [5.41, 5.74) is 10.8. The van der Waals surface area contributed by atoms with Gasteiger partial charge < -0.3 is 9.52 Å². The Hall–Kier alpha value is -4.60. The van der Waals surface area contributed by atoms with Crippen LogP contribution in [0.4, 0.5) is 0 Å². The number of aromatic hydroxyl groups is 1. The molecule has 3 aromatic heterocycles. The summed E-state index contributed by atoms with van der Waals surface area (Å²) in [6.07, 6.45) is 3.70. The first-order valence-corrected chi connectivity index (χ1v) is 15.6. The van der Waals surface area contributed by atoms with E-state index in [1.54, 1.807) is 12.1 Å². The number of oxazole rings is 1. The number of phenolic OH excluding ortho intramolecular Hbond substituents is 1. The molecule has 0 atom stereocenters. The number of aromatic nitrogens is 3. The normalized spacial score (nSPS) is 12.0. The third-order valence-electron chi connectivity index (χ3n) is 8.52. The maximum atomic E-state index is 10.5. The maximum Gasteiger partial charge on any atom is 0.230 e. The van der Waals surface area contributed by atoms with E-state index in [4.69, 9.17) is 14.4 Å². The van der Waals surface area contributed by atoms with Gasteiger partial charge in [0.1, 0.15) is 11.3 Å². The molecule has 0 aliphatic carbocycles. The SMILES string of the molecule is CC(C)(C)c1cc(-c2cccc3oc(-c4ccccc4O)nc23)[c-]c(-c2cc(C(C)(C)C)cc3c(-c4ccccn4)ccnc23)c1.[Pt]. The van der Waals surface area contributed by atoms with Crippen LogP contribution in [-0.4, -0.2) is 20.1 Å². The molecule has 0 saturated carbocycles. The van der Waals surface area contributed by atoms with Gasteiger partial charge in [-0.25, -0.2) is 4.98 Å². The van der Waals surface area contributed by atoms with E-state index in [1.807, 2.05) is 54.9 Å². The summed E-state index contributed by atoms with van der Waals surface area (Å²) in [5.74, 6) is 0.505. The minimum atomic E-state index is -0.138. The molecule has 0 fully saturated rings. The Morgan fingerprint density at radius 1 is 0.617 bits per heavy atom. The molecule has 3 heterocycles. The third-order valence-corrected chi connectivity index (χ3v) is 8.52. The van der Waals surface area contributed by atoms with Gasteiger partial charge in [-0.2, -0.15) is 0 Å². The molecular formula is C41H36N3O2Pt-. The number of pyridine rings is 2. The van der Waals surface area contributed by atoms with Gasteiger partial charge in [0.05, 0.1) is 16.8 Å². The molecule has 4 aromatic carbocycles. The number of hydrogen-bond acceptors (Lipinski definition) is 5. The van der Waals surface area contributed by atoms with Gasteiger partial charge in [-0.1, -0.05) is 89.1 Å². The maximum absolute atomic E-state index is 10.5. The van der Waals surface area contributed by atoms with Gasteiger partial charge in [-0.05, 0) is 58.9 Å². The molecule has 0 saturated heterocycles. The molecule has 0 spiro atoms. The molecule has 47 heavy (non-hydrogen) atoms. The Balaban J connectivity index is 0.00000386. The molecule has 0 amide bonds. The largest absolute Gasteiger partial charge is 0.507 e. The second-order valence-corrected chi connectivity index (χ2v) is 13.9. The van der Waals surface area contributed by atoms with Crippen molar-refractivity contribution in [3.8, 4) is 50.7 Å². The quantitative estimate of drug-likeness (QED) is 0.180. The first kappa shape index (κ1) is 32.3. The predicted molar refractivity (Wildman–Crippen MR) is 187 cm³/mol. The number of hydrogen-bond donors (Lipinski definition) is 1. The Bertz CT molecular complexity index is 2240. The van der Waals surface area contributed by atoms with E-state index in [1.165, 1.54) is 11.1 Å². The fraction of sp³-hybridized carbons (Fsp3) is 0.195. The van der Waals surface area contributed by atoms with E-state index in [0.29, 0.717) is 17.0 Å². The van der Waals surface area contributed by atoms with Crippen molar-refractivity contribution in [2.45, 2.75) is 52.4 Å². The summed E-state index contributed by atoms with van der Waals surface area (Å²) in [6.45, 7) is 13.4. The molecule has 0 aliphatic heterocycles. The first-order chi connectivity index (χ1) is 22.0. The van der Waals surface area contributed by atoms with Crippen molar-refractivity contribution in [3.05, 3.63) is 121 Å². The topological polar surface area (TPSA) is 72.0 Å². The van der Waals surface area contributed by atoms with E-state index in [9.17, 15) is 5.11 Å². The number of rotatable bonds is 4. The summed E-state index contributed by atoms with van der Waals surface area (Å²) in [5, 5.41) is 11.6. The zero-order valence-corrected chi connectivity index (χ0v) is 29.6. The Kier molecular flexibility index (Phi) is 8.40. The molecule has 238 valence electrons. The predicted octanol–water partition coefficient (Wildman–Crippen LogP) is 10.5. The number of benzene rings is 4. The average Bonchev–Trinajstić information content (AvgIpc) is 3.48. The van der Waals surface area contributed by atoms with Gasteiger partial charge in [-0.3, -0.25) is 9.97 Å². The summed E-state index contributed by atoms with van der Waals surface area (Å²) in [4.78, 5) is 14.5. The molecule has 6 heteroatoms. The molecule has 0 radical (unpaired) electrons. The fourth-order valence-corrected chi connectivity index (χ4v) is 5.87. The van der Waals surface area contributed by atoms with Crippen LogP contribution in [0.15, 0.2) is 108 Å². The number of phenols is 1. The van der Waals surface area contributed by atoms with Gasteiger partial charge in [0, 0.05) is 49.9 Å². The van der Waals surface area contributed by atoms with Crippen LogP contribution >= 0.6 is 0 Å². The van der Waals surface area contributed by atoms with Crippen LogP contribution < -0.4 is 0 Å². The van der Waals surface area contributed by atoms with Crippen molar-refractivity contribution >= 4 is 22.0 Å². The number of nitrogens with zero attached hydrogens (tertiary/aromatic N) is 3. The summed E-state index contributed by atoms with van der Waals surface area (Å²) in [6, 6.07) is 33.9. The monoisotopic (exact) mass is 797 g/mol. The molecule has 7 aromatic rings. The van der Waals surface area contributed by atoms with E-state index in [-0.39, 0.29) is 37.6 Å². The zero-order chi connectivity index (χ0) is 32.2. The first-order valence-electron chi connectivity index (χ1n) is 15.6.